The Bertz CT molecular complexity index is 143. The van der Waals surface area contributed by atoms with Crippen LogP contribution in [0.2, 0.25) is 0 Å². The summed E-state index contributed by atoms with van der Waals surface area (Å²) in [5.74, 6) is 0. The molecule has 0 aromatic rings. The van der Waals surface area contributed by atoms with Gasteiger partial charge in [0.25, 0.3) is 0 Å². The molecule has 0 aliphatic carbocycles. The van der Waals surface area contributed by atoms with Crippen molar-refractivity contribution in [1.82, 2.24) is 0 Å². The van der Waals surface area contributed by atoms with Gasteiger partial charge in [0.05, 0.1) is 0 Å². The van der Waals surface area contributed by atoms with Crippen molar-refractivity contribution in [1.29, 1.82) is 0 Å². The summed E-state index contributed by atoms with van der Waals surface area (Å²) in [5, 5.41) is 0. The Morgan fingerprint density at radius 3 is 1.44 bits per heavy atom. The number of hydrogen-bond acceptors (Lipinski definition) is 2. The van der Waals surface area contributed by atoms with Crippen molar-refractivity contribution in [3.05, 3.63) is 0 Å². The molecule has 0 heterocycles. The Kier molecular flexibility index (Phi) is 15.9. The van der Waals surface area contributed by atoms with E-state index in [0.29, 0.717) is 0 Å². The minimum absolute atomic E-state index is 0.778. The maximum atomic E-state index is 6.06. The van der Waals surface area contributed by atoms with Crippen LogP contribution in [0.5, 0.6) is 0 Å². The molecule has 0 aromatic carbocycles. The van der Waals surface area contributed by atoms with Crippen LogP contribution in [0.25, 0.3) is 0 Å². The van der Waals surface area contributed by atoms with Crippen molar-refractivity contribution in [2.45, 2.75) is 78.1 Å². The third-order valence-electron chi connectivity index (χ3n) is 2.99. The number of hydrogen-bond donors (Lipinski definition) is 0. The van der Waals surface area contributed by atoms with Crippen LogP contribution in [0.1, 0.15) is 78.1 Å². The molecule has 110 valence electrons. The molecule has 0 aliphatic rings. The zero-order valence-corrected chi connectivity index (χ0v) is 14.2. The highest BCUT2D eigenvalue weighted by atomic mass is 35.6. The minimum atomic E-state index is -1.85. The lowest BCUT2D eigenvalue weighted by Crippen LogP contribution is -2.17. The van der Waals surface area contributed by atoms with Crippen molar-refractivity contribution in [3.63, 3.8) is 0 Å². The van der Waals surface area contributed by atoms with Gasteiger partial charge in [-0.05, 0) is 12.8 Å². The Labute approximate surface area is 120 Å². The molecule has 0 spiro atoms. The largest absolute Gasteiger partial charge is 0.426 e. The maximum absolute atomic E-state index is 6.06. The summed E-state index contributed by atoms with van der Waals surface area (Å²) >= 11 is 6.06. The van der Waals surface area contributed by atoms with E-state index in [-0.39, 0.29) is 0 Å². The van der Waals surface area contributed by atoms with Crippen LogP contribution in [-0.4, -0.2) is 21.8 Å². The van der Waals surface area contributed by atoms with Gasteiger partial charge in [0.15, 0.2) is 0 Å². The number of rotatable bonds is 14. The molecule has 2 nitrogen and oxygen atoms in total. The average molecular weight is 295 g/mol. The van der Waals surface area contributed by atoms with Crippen LogP contribution < -0.4 is 0 Å². The van der Waals surface area contributed by atoms with E-state index in [1.165, 1.54) is 51.4 Å². The summed E-state index contributed by atoms with van der Waals surface area (Å²) in [4.78, 5) is 0. The van der Waals surface area contributed by atoms with Gasteiger partial charge < -0.3 is 8.85 Å². The van der Waals surface area contributed by atoms with Gasteiger partial charge in [-0.1, -0.05) is 65.2 Å². The predicted molar refractivity (Wildman–Crippen MR) is 82.4 cm³/mol. The topological polar surface area (TPSA) is 18.5 Å². The van der Waals surface area contributed by atoms with Gasteiger partial charge in [-0.15, -0.1) is 11.1 Å². The molecule has 0 fully saturated rings. The van der Waals surface area contributed by atoms with E-state index in [0.717, 1.165) is 26.1 Å². The highest BCUT2D eigenvalue weighted by Crippen LogP contribution is 2.06. The summed E-state index contributed by atoms with van der Waals surface area (Å²) in [6.07, 6.45) is 12.6. The molecule has 0 rings (SSSR count). The zero-order valence-electron chi connectivity index (χ0n) is 12.3. The summed E-state index contributed by atoms with van der Waals surface area (Å²) in [5.41, 5.74) is 0. The van der Waals surface area contributed by atoms with Gasteiger partial charge in [-0.3, -0.25) is 0 Å². The molecule has 0 aliphatic heterocycles. The monoisotopic (exact) mass is 294 g/mol. The first-order chi connectivity index (χ1) is 8.81. The second-order valence-corrected chi connectivity index (χ2v) is 7.13. The Hall–Kier alpha value is 0.427. The third kappa shape index (κ3) is 14.5. The quantitative estimate of drug-likeness (QED) is 0.257. The number of unbranched alkanes of at least 4 members (excludes halogenated alkanes) is 8. The second kappa shape index (κ2) is 15.5. The van der Waals surface area contributed by atoms with Crippen molar-refractivity contribution in [2.75, 3.05) is 13.2 Å². The van der Waals surface area contributed by atoms with Gasteiger partial charge >= 0.3 is 8.59 Å². The molecule has 0 aromatic heterocycles. The van der Waals surface area contributed by atoms with Crippen LogP contribution in [-0.2, 0) is 8.85 Å². The first-order valence-corrected chi connectivity index (χ1v) is 10.4. The second-order valence-electron chi connectivity index (χ2n) is 4.84. The van der Waals surface area contributed by atoms with Crippen molar-refractivity contribution in [3.8, 4) is 0 Å². The van der Waals surface area contributed by atoms with E-state index in [9.17, 15) is 0 Å². The highest BCUT2D eigenvalue weighted by molar-refractivity contribution is 6.99. The first kappa shape index (κ1) is 18.4. The molecule has 0 atom stereocenters. The Balaban J connectivity index is 3.10. The molecule has 0 radical (unpaired) electrons. The SMILES string of the molecule is CCCCCCCO[SiH](Cl)OCCCCCCC. The fourth-order valence-corrected chi connectivity index (χ4v) is 3.15. The van der Waals surface area contributed by atoms with E-state index in [1.807, 2.05) is 0 Å². The zero-order chi connectivity index (χ0) is 13.5. The lowest BCUT2D eigenvalue weighted by Gasteiger charge is -2.10. The third-order valence-corrected chi connectivity index (χ3v) is 4.75. The predicted octanol–water partition coefficient (Wildman–Crippen LogP) is 4.92. The van der Waals surface area contributed by atoms with Crippen LogP contribution in [0.4, 0.5) is 0 Å². The molecule has 18 heavy (non-hydrogen) atoms. The number of halogens is 1. The normalized spacial score (nSPS) is 11.3. The molecular formula is C14H31ClO2Si. The average Bonchev–Trinajstić information content (AvgIpc) is 2.38. The van der Waals surface area contributed by atoms with Gasteiger partial charge in [0.2, 0.25) is 0 Å². The van der Waals surface area contributed by atoms with E-state index >= 15 is 0 Å². The van der Waals surface area contributed by atoms with Crippen molar-refractivity contribution < 1.29 is 8.85 Å². The lowest BCUT2D eigenvalue weighted by atomic mass is 10.2. The van der Waals surface area contributed by atoms with E-state index < -0.39 is 8.59 Å². The van der Waals surface area contributed by atoms with E-state index in [2.05, 4.69) is 13.8 Å². The fraction of sp³-hybridized carbons (Fsp3) is 1.00. The fourth-order valence-electron chi connectivity index (χ4n) is 1.81. The Morgan fingerprint density at radius 1 is 0.667 bits per heavy atom. The first-order valence-electron chi connectivity index (χ1n) is 7.68. The van der Waals surface area contributed by atoms with Crippen LogP contribution in [0.15, 0.2) is 0 Å². The minimum Gasteiger partial charge on any atom is -0.385 e. The molecule has 4 heteroatoms. The van der Waals surface area contributed by atoms with E-state index in [1.54, 1.807) is 0 Å². The van der Waals surface area contributed by atoms with Gasteiger partial charge in [0.1, 0.15) is 0 Å². The lowest BCUT2D eigenvalue weighted by molar-refractivity contribution is 0.205. The van der Waals surface area contributed by atoms with Crippen LogP contribution in [0.3, 0.4) is 0 Å². The molecule has 0 saturated carbocycles. The molecule has 0 bridgehead atoms. The van der Waals surface area contributed by atoms with Gasteiger partial charge in [0, 0.05) is 13.2 Å². The van der Waals surface area contributed by atoms with Crippen molar-refractivity contribution in [2.24, 2.45) is 0 Å². The standard InChI is InChI=1S/C14H31ClO2Si/c1-3-5-7-9-11-13-16-18(15)17-14-12-10-8-6-4-2/h18H,3-14H2,1-2H3. The van der Waals surface area contributed by atoms with Gasteiger partial charge in [-0.25, -0.2) is 0 Å². The maximum Gasteiger partial charge on any atom is 0.426 e. The Morgan fingerprint density at radius 2 is 1.06 bits per heavy atom. The van der Waals surface area contributed by atoms with E-state index in [4.69, 9.17) is 19.9 Å². The van der Waals surface area contributed by atoms with Crippen LogP contribution >= 0.6 is 11.1 Å². The molecule has 0 saturated heterocycles. The summed E-state index contributed by atoms with van der Waals surface area (Å²) in [6, 6.07) is 0. The molecule has 0 unspecified atom stereocenters. The van der Waals surface area contributed by atoms with Gasteiger partial charge in [-0.2, -0.15) is 0 Å². The summed E-state index contributed by atoms with van der Waals surface area (Å²) in [6.45, 7) is 6.01. The summed E-state index contributed by atoms with van der Waals surface area (Å²) in [7, 11) is -1.85. The highest BCUT2D eigenvalue weighted by Gasteiger charge is 2.08. The smallest absolute Gasteiger partial charge is 0.385 e. The molecule has 0 N–H and O–H groups in total. The summed E-state index contributed by atoms with van der Waals surface area (Å²) < 4.78 is 11.1. The van der Waals surface area contributed by atoms with Crippen molar-refractivity contribution >= 4 is 19.7 Å². The van der Waals surface area contributed by atoms with Crippen LogP contribution in [0, 0.1) is 0 Å². The molecular weight excluding hydrogens is 264 g/mol. The molecule has 0 amide bonds.